The van der Waals surface area contributed by atoms with Gasteiger partial charge in [0.1, 0.15) is 5.78 Å². The summed E-state index contributed by atoms with van der Waals surface area (Å²) in [6, 6.07) is 7.71. The Morgan fingerprint density at radius 2 is 1.93 bits per heavy atom. The van der Waals surface area contributed by atoms with Crippen LogP contribution in [-0.4, -0.2) is 17.5 Å². The molecule has 0 amide bonds. The van der Waals surface area contributed by atoms with Gasteiger partial charge in [0.2, 0.25) is 0 Å². The van der Waals surface area contributed by atoms with Gasteiger partial charge in [0.15, 0.2) is 0 Å². The summed E-state index contributed by atoms with van der Waals surface area (Å²) in [7, 11) is 0. The molecule has 0 aliphatic carbocycles. The van der Waals surface area contributed by atoms with Crippen LogP contribution in [0.2, 0.25) is 0 Å². The van der Waals surface area contributed by atoms with E-state index in [2.05, 4.69) is 15.9 Å². The average molecular weight is 257 g/mol. The number of carbonyl (C=O) groups is 1. The van der Waals surface area contributed by atoms with Crippen LogP contribution in [0.25, 0.3) is 0 Å². The van der Waals surface area contributed by atoms with Crippen LogP contribution in [0.15, 0.2) is 28.7 Å². The molecule has 0 saturated heterocycles. The Balaban J connectivity index is 2.44. The molecule has 1 aromatic rings. The smallest absolute Gasteiger partial charge is 0.137 e. The molecule has 1 N–H and O–H groups in total. The lowest BCUT2D eigenvalue weighted by Gasteiger charge is -2.00. The highest BCUT2D eigenvalue weighted by atomic mass is 79.9. The van der Waals surface area contributed by atoms with Gasteiger partial charge in [-0.05, 0) is 24.1 Å². The third-order valence-corrected chi connectivity index (χ3v) is 2.46. The Morgan fingerprint density at radius 3 is 2.50 bits per heavy atom. The normalized spacial score (nSPS) is 10.1. The number of benzene rings is 1. The summed E-state index contributed by atoms with van der Waals surface area (Å²) >= 11 is 3.34. The molecule has 2 nitrogen and oxygen atoms in total. The Labute approximate surface area is 92.1 Å². The maximum atomic E-state index is 11.3. The second-order valence-electron chi connectivity index (χ2n) is 3.17. The van der Waals surface area contributed by atoms with E-state index in [1.165, 1.54) is 0 Å². The number of Topliss-reactive ketones (excluding diaryl/α,β-unsaturated/α-hetero) is 1. The predicted octanol–water partition coefficient (Wildman–Crippen LogP) is 2.33. The molecule has 0 spiro atoms. The molecule has 1 aromatic carbocycles. The first-order valence-electron chi connectivity index (χ1n) is 4.59. The summed E-state index contributed by atoms with van der Waals surface area (Å²) in [4.78, 5) is 11.3. The SMILES string of the molecule is O=C(CCCO)Cc1ccc(Br)cc1. The molecular formula is C11H13BrO2. The molecule has 14 heavy (non-hydrogen) atoms. The van der Waals surface area contributed by atoms with Crippen molar-refractivity contribution in [3.8, 4) is 0 Å². The van der Waals surface area contributed by atoms with Crippen molar-refractivity contribution in [1.29, 1.82) is 0 Å². The Hall–Kier alpha value is -0.670. The molecule has 0 aliphatic heterocycles. The van der Waals surface area contributed by atoms with E-state index in [9.17, 15) is 4.79 Å². The van der Waals surface area contributed by atoms with Gasteiger partial charge in [-0.15, -0.1) is 0 Å². The molecule has 0 aromatic heterocycles. The highest BCUT2D eigenvalue weighted by Gasteiger charge is 2.02. The molecule has 76 valence electrons. The monoisotopic (exact) mass is 256 g/mol. The van der Waals surface area contributed by atoms with E-state index in [-0.39, 0.29) is 12.4 Å². The first kappa shape index (κ1) is 11.4. The van der Waals surface area contributed by atoms with Gasteiger partial charge in [-0.2, -0.15) is 0 Å². The fraction of sp³-hybridized carbons (Fsp3) is 0.364. The molecule has 0 atom stereocenters. The minimum atomic E-state index is 0.0894. The second kappa shape index (κ2) is 5.94. The third kappa shape index (κ3) is 4.03. The quantitative estimate of drug-likeness (QED) is 0.879. The van der Waals surface area contributed by atoms with E-state index in [1.807, 2.05) is 24.3 Å². The van der Waals surface area contributed by atoms with Crippen LogP contribution < -0.4 is 0 Å². The number of hydrogen-bond acceptors (Lipinski definition) is 2. The zero-order chi connectivity index (χ0) is 10.4. The fourth-order valence-corrected chi connectivity index (χ4v) is 1.46. The van der Waals surface area contributed by atoms with Crippen molar-refractivity contribution in [2.45, 2.75) is 19.3 Å². The van der Waals surface area contributed by atoms with Crippen LogP contribution in [0.3, 0.4) is 0 Å². The van der Waals surface area contributed by atoms with Gasteiger partial charge in [-0.25, -0.2) is 0 Å². The molecule has 1 rings (SSSR count). The molecule has 0 heterocycles. The van der Waals surface area contributed by atoms with Gasteiger partial charge >= 0.3 is 0 Å². The number of carbonyl (C=O) groups excluding carboxylic acids is 1. The number of ketones is 1. The summed E-state index contributed by atoms with van der Waals surface area (Å²) in [5.74, 6) is 0.182. The van der Waals surface area contributed by atoms with Gasteiger partial charge in [-0.3, -0.25) is 4.79 Å². The van der Waals surface area contributed by atoms with Crippen molar-refractivity contribution in [3.05, 3.63) is 34.3 Å². The lowest BCUT2D eigenvalue weighted by atomic mass is 10.1. The summed E-state index contributed by atoms with van der Waals surface area (Å²) in [6.07, 6.45) is 1.50. The number of aliphatic hydroxyl groups is 1. The highest BCUT2D eigenvalue weighted by Crippen LogP contribution is 2.11. The third-order valence-electron chi connectivity index (χ3n) is 1.93. The van der Waals surface area contributed by atoms with E-state index in [1.54, 1.807) is 0 Å². The van der Waals surface area contributed by atoms with Crippen LogP contribution in [0.5, 0.6) is 0 Å². The van der Waals surface area contributed by atoms with Gasteiger partial charge < -0.3 is 5.11 Å². The molecule has 0 unspecified atom stereocenters. The summed E-state index contributed by atoms with van der Waals surface area (Å²) < 4.78 is 1.02. The lowest BCUT2D eigenvalue weighted by Crippen LogP contribution is -2.03. The summed E-state index contributed by atoms with van der Waals surface area (Å²) in [6.45, 7) is 0.0894. The zero-order valence-corrected chi connectivity index (χ0v) is 9.46. The van der Waals surface area contributed by atoms with Crippen molar-refractivity contribution in [2.75, 3.05) is 6.61 Å². The Kier molecular flexibility index (Phi) is 4.84. The van der Waals surface area contributed by atoms with Crippen molar-refractivity contribution < 1.29 is 9.90 Å². The standard InChI is InChI=1S/C11H13BrO2/c12-10-5-3-9(4-6-10)8-11(14)2-1-7-13/h3-6,13H,1-2,7-8H2. The van der Waals surface area contributed by atoms with Gasteiger partial charge in [0.25, 0.3) is 0 Å². The van der Waals surface area contributed by atoms with Crippen LogP contribution in [0.4, 0.5) is 0 Å². The Morgan fingerprint density at radius 1 is 1.29 bits per heavy atom. The number of aliphatic hydroxyl groups excluding tert-OH is 1. The summed E-state index contributed by atoms with van der Waals surface area (Å²) in [5, 5.41) is 8.56. The number of hydrogen-bond donors (Lipinski definition) is 1. The van der Waals surface area contributed by atoms with Crippen LogP contribution >= 0.6 is 15.9 Å². The number of halogens is 1. The minimum absolute atomic E-state index is 0.0894. The maximum absolute atomic E-state index is 11.3. The van der Waals surface area contributed by atoms with Gasteiger partial charge in [0.05, 0.1) is 0 Å². The average Bonchev–Trinajstić information content (AvgIpc) is 2.18. The largest absolute Gasteiger partial charge is 0.396 e. The molecule has 0 fully saturated rings. The van der Waals surface area contributed by atoms with Crippen LogP contribution in [0.1, 0.15) is 18.4 Å². The van der Waals surface area contributed by atoms with Crippen molar-refractivity contribution >= 4 is 21.7 Å². The fourth-order valence-electron chi connectivity index (χ4n) is 1.19. The maximum Gasteiger partial charge on any atom is 0.137 e. The first-order valence-corrected chi connectivity index (χ1v) is 5.38. The van der Waals surface area contributed by atoms with E-state index < -0.39 is 0 Å². The number of rotatable bonds is 5. The van der Waals surface area contributed by atoms with E-state index in [0.29, 0.717) is 19.3 Å². The minimum Gasteiger partial charge on any atom is -0.396 e. The molecule has 0 aliphatic rings. The van der Waals surface area contributed by atoms with Crippen molar-refractivity contribution in [1.82, 2.24) is 0 Å². The molecule has 0 saturated carbocycles. The highest BCUT2D eigenvalue weighted by molar-refractivity contribution is 9.10. The lowest BCUT2D eigenvalue weighted by molar-refractivity contribution is -0.118. The predicted molar refractivity (Wildman–Crippen MR) is 59.2 cm³/mol. The van der Waals surface area contributed by atoms with E-state index in [0.717, 1.165) is 10.0 Å². The van der Waals surface area contributed by atoms with Crippen LogP contribution in [0, 0.1) is 0 Å². The second-order valence-corrected chi connectivity index (χ2v) is 4.08. The van der Waals surface area contributed by atoms with Crippen molar-refractivity contribution in [2.24, 2.45) is 0 Å². The molecule has 3 heteroatoms. The summed E-state index contributed by atoms with van der Waals surface area (Å²) in [5.41, 5.74) is 1.02. The first-order chi connectivity index (χ1) is 6.72. The zero-order valence-electron chi connectivity index (χ0n) is 7.87. The molecular weight excluding hydrogens is 244 g/mol. The Bertz CT molecular complexity index is 293. The van der Waals surface area contributed by atoms with Gasteiger partial charge in [-0.1, -0.05) is 28.1 Å². The topological polar surface area (TPSA) is 37.3 Å². The molecule has 0 bridgehead atoms. The molecule has 0 radical (unpaired) electrons. The van der Waals surface area contributed by atoms with Crippen molar-refractivity contribution in [3.63, 3.8) is 0 Å². The van der Waals surface area contributed by atoms with E-state index in [4.69, 9.17) is 5.11 Å². The van der Waals surface area contributed by atoms with Gasteiger partial charge in [0, 0.05) is 23.9 Å². The van der Waals surface area contributed by atoms with Crippen LogP contribution in [-0.2, 0) is 11.2 Å². The van der Waals surface area contributed by atoms with E-state index >= 15 is 0 Å².